The molecule has 0 saturated heterocycles. The Labute approximate surface area is 128 Å². The fourth-order valence-electron chi connectivity index (χ4n) is 2.00. The van der Waals surface area contributed by atoms with E-state index in [9.17, 15) is 4.79 Å². The van der Waals surface area contributed by atoms with Gasteiger partial charge in [-0.1, -0.05) is 23.2 Å². The smallest absolute Gasteiger partial charge is 0.178 e. The number of carbonyl (C=O) groups excluding carboxylic acids is 1. The Kier molecular flexibility index (Phi) is 4.66. The number of pyridine rings is 1. The van der Waals surface area contributed by atoms with Crippen LogP contribution in [0.1, 0.15) is 31.5 Å². The number of aliphatic imine (C=N–C) groups is 1. The Bertz CT molecular complexity index is 706. The van der Waals surface area contributed by atoms with E-state index >= 15 is 0 Å². The van der Waals surface area contributed by atoms with E-state index in [0.29, 0.717) is 35.0 Å². The summed E-state index contributed by atoms with van der Waals surface area (Å²) in [6, 6.07) is 5.51. The molecule has 0 radical (unpaired) electrons. The SMILES string of the molecule is CC(=O)C1=NC(C)=C(Cl)CC(Cc2ccc(C#N)nc2)=C1. The van der Waals surface area contributed by atoms with Crippen molar-refractivity contribution < 1.29 is 4.79 Å². The van der Waals surface area contributed by atoms with Crippen molar-refractivity contribution in [1.82, 2.24) is 4.98 Å². The van der Waals surface area contributed by atoms with Gasteiger partial charge in [-0.05, 0) is 31.1 Å². The van der Waals surface area contributed by atoms with E-state index in [1.807, 2.05) is 12.1 Å². The van der Waals surface area contributed by atoms with Gasteiger partial charge in [0.2, 0.25) is 0 Å². The molecule has 1 aromatic heterocycles. The third-order valence-corrected chi connectivity index (χ3v) is 3.54. The van der Waals surface area contributed by atoms with E-state index in [1.54, 1.807) is 25.3 Å². The maximum Gasteiger partial charge on any atom is 0.178 e. The largest absolute Gasteiger partial charge is 0.293 e. The average Bonchev–Trinajstić information content (AvgIpc) is 2.59. The number of Topliss-reactive ketones (excluding diaryl/α,β-unsaturated/α-hetero) is 1. The first-order chi connectivity index (χ1) is 9.99. The van der Waals surface area contributed by atoms with Crippen LogP contribution in [0.15, 0.2) is 45.7 Å². The van der Waals surface area contributed by atoms with Gasteiger partial charge in [0.15, 0.2) is 5.78 Å². The fourth-order valence-corrected chi connectivity index (χ4v) is 2.21. The van der Waals surface area contributed by atoms with Crippen LogP contribution >= 0.6 is 11.6 Å². The topological polar surface area (TPSA) is 66.1 Å². The van der Waals surface area contributed by atoms with Crippen LogP contribution < -0.4 is 0 Å². The van der Waals surface area contributed by atoms with Crippen molar-refractivity contribution in [2.24, 2.45) is 4.99 Å². The molecule has 0 aromatic carbocycles. The summed E-state index contributed by atoms with van der Waals surface area (Å²) in [5.41, 5.74) is 3.43. The Morgan fingerprint density at radius 3 is 2.81 bits per heavy atom. The van der Waals surface area contributed by atoms with Crippen LogP contribution in [-0.2, 0) is 11.2 Å². The standard InChI is InChI=1S/C16H14ClN3O/c1-10-15(17)6-13(7-16(20-10)11(2)21)5-12-3-4-14(8-18)19-9-12/h3-4,7,9H,5-6H2,1-2H3. The number of halogens is 1. The molecule has 1 aliphatic heterocycles. The summed E-state index contributed by atoms with van der Waals surface area (Å²) in [5, 5.41) is 9.38. The third kappa shape index (κ3) is 3.87. The van der Waals surface area contributed by atoms with Gasteiger partial charge in [-0.15, -0.1) is 0 Å². The highest BCUT2D eigenvalue weighted by atomic mass is 35.5. The molecule has 0 unspecified atom stereocenters. The zero-order valence-electron chi connectivity index (χ0n) is 11.9. The van der Waals surface area contributed by atoms with E-state index in [-0.39, 0.29) is 5.78 Å². The zero-order chi connectivity index (χ0) is 15.4. The van der Waals surface area contributed by atoms with Gasteiger partial charge in [-0.25, -0.2) is 9.98 Å². The molecule has 2 heterocycles. The monoisotopic (exact) mass is 299 g/mol. The molecule has 0 amide bonds. The molecule has 0 aliphatic carbocycles. The summed E-state index contributed by atoms with van der Waals surface area (Å²) < 4.78 is 0. The number of nitriles is 1. The van der Waals surface area contributed by atoms with Crippen molar-refractivity contribution in [3.63, 3.8) is 0 Å². The number of aromatic nitrogens is 1. The van der Waals surface area contributed by atoms with Gasteiger partial charge in [0.1, 0.15) is 17.5 Å². The molecule has 0 bridgehead atoms. The molecule has 0 spiro atoms. The lowest BCUT2D eigenvalue weighted by Crippen LogP contribution is -2.07. The lowest BCUT2D eigenvalue weighted by molar-refractivity contribution is -0.111. The van der Waals surface area contributed by atoms with E-state index in [0.717, 1.165) is 11.1 Å². The first-order valence-corrected chi connectivity index (χ1v) is 6.86. The highest BCUT2D eigenvalue weighted by Crippen LogP contribution is 2.25. The van der Waals surface area contributed by atoms with Gasteiger partial charge in [0, 0.05) is 24.6 Å². The van der Waals surface area contributed by atoms with Crippen molar-refractivity contribution in [2.45, 2.75) is 26.7 Å². The average molecular weight is 300 g/mol. The number of carbonyl (C=O) groups is 1. The van der Waals surface area contributed by atoms with Crippen LogP contribution in [0, 0.1) is 11.3 Å². The van der Waals surface area contributed by atoms with E-state index in [4.69, 9.17) is 16.9 Å². The molecular weight excluding hydrogens is 286 g/mol. The highest BCUT2D eigenvalue weighted by molar-refractivity contribution is 6.44. The second-order valence-corrected chi connectivity index (χ2v) is 5.32. The minimum absolute atomic E-state index is 0.0869. The van der Waals surface area contributed by atoms with Crippen molar-refractivity contribution >= 4 is 23.1 Å². The normalized spacial score (nSPS) is 15.0. The predicted molar refractivity (Wildman–Crippen MR) is 82.0 cm³/mol. The maximum atomic E-state index is 11.6. The van der Waals surface area contributed by atoms with Gasteiger partial charge in [0.05, 0.1) is 5.70 Å². The molecule has 0 fully saturated rings. The Morgan fingerprint density at radius 1 is 1.48 bits per heavy atom. The quantitative estimate of drug-likeness (QED) is 0.860. The number of nitrogens with zero attached hydrogens (tertiary/aromatic N) is 3. The lowest BCUT2D eigenvalue weighted by atomic mass is 10.0. The highest BCUT2D eigenvalue weighted by Gasteiger charge is 2.14. The second kappa shape index (κ2) is 6.47. The molecule has 1 aromatic rings. The number of hydrogen-bond acceptors (Lipinski definition) is 4. The lowest BCUT2D eigenvalue weighted by Gasteiger charge is -2.06. The van der Waals surface area contributed by atoms with Crippen LogP contribution in [-0.4, -0.2) is 16.5 Å². The Balaban J connectivity index is 2.28. The van der Waals surface area contributed by atoms with E-state index < -0.39 is 0 Å². The Morgan fingerprint density at radius 2 is 2.24 bits per heavy atom. The summed E-state index contributed by atoms with van der Waals surface area (Å²) in [5.74, 6) is -0.0869. The van der Waals surface area contributed by atoms with E-state index in [2.05, 4.69) is 9.98 Å². The molecule has 0 saturated carbocycles. The van der Waals surface area contributed by atoms with Crippen LogP contribution in [0.4, 0.5) is 0 Å². The Hall–Kier alpha value is -2.25. The number of hydrogen-bond donors (Lipinski definition) is 0. The molecule has 2 rings (SSSR count). The van der Waals surface area contributed by atoms with Crippen LogP contribution in [0.5, 0.6) is 0 Å². The van der Waals surface area contributed by atoms with E-state index in [1.165, 1.54) is 6.92 Å². The maximum absolute atomic E-state index is 11.6. The van der Waals surface area contributed by atoms with Gasteiger partial charge in [0.25, 0.3) is 0 Å². The van der Waals surface area contributed by atoms with Gasteiger partial charge in [-0.2, -0.15) is 5.26 Å². The van der Waals surface area contributed by atoms with Crippen molar-refractivity contribution in [2.75, 3.05) is 0 Å². The van der Waals surface area contributed by atoms with Gasteiger partial charge < -0.3 is 0 Å². The minimum Gasteiger partial charge on any atom is -0.293 e. The van der Waals surface area contributed by atoms with Crippen molar-refractivity contribution in [3.05, 3.63) is 52.0 Å². The first kappa shape index (κ1) is 15.1. The summed E-state index contributed by atoms with van der Waals surface area (Å²) >= 11 is 6.21. The molecule has 1 aliphatic rings. The minimum atomic E-state index is -0.0869. The molecule has 21 heavy (non-hydrogen) atoms. The first-order valence-electron chi connectivity index (χ1n) is 6.49. The predicted octanol–water partition coefficient (Wildman–Crippen LogP) is 3.33. The van der Waals surface area contributed by atoms with Crippen LogP contribution in [0.3, 0.4) is 0 Å². The van der Waals surface area contributed by atoms with Gasteiger partial charge >= 0.3 is 0 Å². The molecule has 0 atom stereocenters. The van der Waals surface area contributed by atoms with Crippen LogP contribution in [0.2, 0.25) is 0 Å². The van der Waals surface area contributed by atoms with Crippen LogP contribution in [0.25, 0.3) is 0 Å². The van der Waals surface area contributed by atoms with Crippen molar-refractivity contribution in [3.8, 4) is 6.07 Å². The summed E-state index contributed by atoms with van der Waals surface area (Å²) in [7, 11) is 0. The molecular formula is C16H14ClN3O. The third-order valence-electron chi connectivity index (χ3n) is 3.14. The zero-order valence-corrected chi connectivity index (χ0v) is 12.6. The summed E-state index contributed by atoms with van der Waals surface area (Å²) in [6.07, 6.45) is 4.64. The number of allylic oxidation sites excluding steroid dienone is 4. The number of rotatable bonds is 3. The molecule has 106 valence electrons. The number of ketones is 1. The second-order valence-electron chi connectivity index (χ2n) is 4.86. The molecule has 5 heteroatoms. The van der Waals surface area contributed by atoms with Crippen molar-refractivity contribution in [1.29, 1.82) is 5.26 Å². The molecule has 4 nitrogen and oxygen atoms in total. The summed E-state index contributed by atoms with van der Waals surface area (Å²) in [4.78, 5) is 19.9. The summed E-state index contributed by atoms with van der Waals surface area (Å²) in [6.45, 7) is 3.29. The fraction of sp³-hybridized carbons (Fsp3) is 0.250. The molecule has 0 N–H and O–H groups in total. The van der Waals surface area contributed by atoms with Gasteiger partial charge in [-0.3, -0.25) is 4.79 Å².